The summed E-state index contributed by atoms with van der Waals surface area (Å²) in [6.07, 6.45) is 2.77. The highest BCUT2D eigenvalue weighted by molar-refractivity contribution is 7.16. The monoisotopic (exact) mass is 312 g/mol. The van der Waals surface area contributed by atoms with Gasteiger partial charge in [-0.05, 0) is 49.9 Å². The van der Waals surface area contributed by atoms with Crippen molar-refractivity contribution in [3.63, 3.8) is 0 Å². The highest BCUT2D eigenvalue weighted by atomic mass is 32.1. The van der Waals surface area contributed by atoms with E-state index in [0.717, 1.165) is 34.0 Å². The lowest BCUT2D eigenvalue weighted by Crippen LogP contribution is -2.32. The van der Waals surface area contributed by atoms with Crippen LogP contribution < -0.4 is 4.90 Å². The van der Waals surface area contributed by atoms with Gasteiger partial charge in [-0.3, -0.25) is 4.98 Å². The second-order valence-electron chi connectivity index (χ2n) is 5.72. The molecule has 0 unspecified atom stereocenters. The second kappa shape index (κ2) is 6.01. The molecule has 3 rings (SSSR count). The molecule has 0 fully saturated rings. The molecule has 0 aliphatic carbocycles. The number of hydrogen-bond donors (Lipinski definition) is 0. The van der Waals surface area contributed by atoms with Crippen LogP contribution in [0.15, 0.2) is 29.8 Å². The molecule has 0 N–H and O–H groups in total. The van der Waals surface area contributed by atoms with Gasteiger partial charge in [-0.1, -0.05) is 0 Å². The first-order valence-corrected chi connectivity index (χ1v) is 8.29. The molecule has 5 heteroatoms. The Bertz CT molecular complexity index is 796. The van der Waals surface area contributed by atoms with Gasteiger partial charge in [0, 0.05) is 31.4 Å². The minimum absolute atomic E-state index is 0.312. The van der Waals surface area contributed by atoms with Gasteiger partial charge in [0.1, 0.15) is 16.5 Å². The van der Waals surface area contributed by atoms with Gasteiger partial charge in [-0.25, -0.2) is 9.97 Å². The van der Waals surface area contributed by atoms with Crippen LogP contribution >= 0.6 is 11.3 Å². The SMILES string of the molecule is Cc1ccnc(C[C@H](C)N(C)c2nc(C)nc3sccc23)c1. The summed E-state index contributed by atoms with van der Waals surface area (Å²) in [6.45, 7) is 6.26. The van der Waals surface area contributed by atoms with E-state index in [4.69, 9.17) is 0 Å². The van der Waals surface area contributed by atoms with Gasteiger partial charge in [0.15, 0.2) is 0 Å². The molecule has 3 heterocycles. The van der Waals surface area contributed by atoms with Crippen molar-refractivity contribution < 1.29 is 0 Å². The molecule has 0 saturated carbocycles. The van der Waals surface area contributed by atoms with Crippen molar-refractivity contribution in [2.45, 2.75) is 33.2 Å². The Labute approximate surface area is 134 Å². The van der Waals surface area contributed by atoms with E-state index in [0.29, 0.717) is 6.04 Å². The number of hydrogen-bond acceptors (Lipinski definition) is 5. The highest BCUT2D eigenvalue weighted by Crippen LogP contribution is 2.28. The molecule has 0 saturated heterocycles. The molecule has 114 valence electrons. The maximum atomic E-state index is 4.65. The Kier molecular flexibility index (Phi) is 4.07. The molecule has 1 atom stereocenters. The molecule has 0 aromatic carbocycles. The summed E-state index contributed by atoms with van der Waals surface area (Å²) in [4.78, 5) is 16.9. The summed E-state index contributed by atoms with van der Waals surface area (Å²) in [5.74, 6) is 1.82. The van der Waals surface area contributed by atoms with E-state index in [1.807, 2.05) is 19.2 Å². The number of thiophene rings is 1. The van der Waals surface area contributed by atoms with Crippen LogP contribution in [0.5, 0.6) is 0 Å². The predicted molar refractivity (Wildman–Crippen MR) is 92.7 cm³/mol. The van der Waals surface area contributed by atoms with Crippen LogP contribution in [-0.2, 0) is 6.42 Å². The quantitative estimate of drug-likeness (QED) is 0.735. The predicted octanol–water partition coefficient (Wildman–Crippen LogP) is 3.77. The van der Waals surface area contributed by atoms with Crippen molar-refractivity contribution >= 4 is 27.4 Å². The third-order valence-corrected chi connectivity index (χ3v) is 4.70. The van der Waals surface area contributed by atoms with Crippen molar-refractivity contribution in [1.29, 1.82) is 0 Å². The Morgan fingerprint density at radius 1 is 1.23 bits per heavy atom. The smallest absolute Gasteiger partial charge is 0.141 e. The zero-order valence-corrected chi connectivity index (χ0v) is 14.2. The lowest BCUT2D eigenvalue weighted by molar-refractivity contribution is 0.664. The molecule has 4 nitrogen and oxygen atoms in total. The number of aromatic nitrogens is 3. The molecule has 3 aromatic rings. The Hall–Kier alpha value is -2.01. The van der Waals surface area contributed by atoms with E-state index in [-0.39, 0.29) is 0 Å². The fourth-order valence-electron chi connectivity index (χ4n) is 2.57. The molecule has 0 radical (unpaired) electrons. The maximum absolute atomic E-state index is 4.65. The average Bonchev–Trinajstić information content (AvgIpc) is 2.93. The summed E-state index contributed by atoms with van der Waals surface area (Å²) >= 11 is 1.66. The number of anilines is 1. The van der Waals surface area contributed by atoms with E-state index in [9.17, 15) is 0 Å². The van der Waals surface area contributed by atoms with Crippen LogP contribution in [-0.4, -0.2) is 28.0 Å². The zero-order chi connectivity index (χ0) is 15.7. The van der Waals surface area contributed by atoms with Crippen molar-refractivity contribution in [3.8, 4) is 0 Å². The van der Waals surface area contributed by atoms with Crippen LogP contribution in [0.1, 0.15) is 24.0 Å². The van der Waals surface area contributed by atoms with Gasteiger partial charge < -0.3 is 4.90 Å². The summed E-state index contributed by atoms with van der Waals surface area (Å²) in [5, 5.41) is 3.20. The molecule has 3 aromatic heterocycles. The van der Waals surface area contributed by atoms with Gasteiger partial charge >= 0.3 is 0 Å². The zero-order valence-electron chi connectivity index (χ0n) is 13.4. The van der Waals surface area contributed by atoms with Crippen molar-refractivity contribution in [2.75, 3.05) is 11.9 Å². The number of rotatable bonds is 4. The lowest BCUT2D eigenvalue weighted by Gasteiger charge is -2.26. The number of nitrogens with zero attached hydrogens (tertiary/aromatic N) is 4. The molecule has 0 amide bonds. The van der Waals surface area contributed by atoms with Crippen LogP contribution in [0.25, 0.3) is 10.2 Å². The second-order valence-corrected chi connectivity index (χ2v) is 6.62. The van der Waals surface area contributed by atoms with E-state index in [2.05, 4.69) is 58.3 Å². The van der Waals surface area contributed by atoms with Gasteiger partial charge in [0.25, 0.3) is 0 Å². The Morgan fingerprint density at radius 3 is 2.82 bits per heavy atom. The van der Waals surface area contributed by atoms with Gasteiger partial charge in [0.2, 0.25) is 0 Å². The third-order valence-electron chi connectivity index (χ3n) is 3.89. The standard InChI is InChI=1S/C17H20N4S/c1-11-5-7-18-14(9-11)10-12(2)21(4)16-15-6-8-22-17(15)20-13(3)19-16/h5-9,12H,10H2,1-4H3/t12-/m0/s1. The van der Waals surface area contributed by atoms with Crippen molar-refractivity contribution in [3.05, 3.63) is 46.9 Å². The molecule has 0 bridgehead atoms. The molecular formula is C17H20N4S. The highest BCUT2D eigenvalue weighted by Gasteiger charge is 2.17. The number of likely N-dealkylation sites (N-methyl/N-ethyl adjacent to an activating group) is 1. The minimum atomic E-state index is 0.312. The first-order valence-electron chi connectivity index (χ1n) is 7.41. The van der Waals surface area contributed by atoms with Gasteiger partial charge in [-0.15, -0.1) is 11.3 Å². The summed E-state index contributed by atoms with van der Waals surface area (Å²) < 4.78 is 0. The summed E-state index contributed by atoms with van der Waals surface area (Å²) in [5.41, 5.74) is 2.37. The van der Waals surface area contributed by atoms with Crippen LogP contribution in [0.3, 0.4) is 0 Å². The van der Waals surface area contributed by atoms with Gasteiger partial charge in [-0.2, -0.15) is 0 Å². The molecule has 0 spiro atoms. The largest absolute Gasteiger partial charge is 0.356 e. The minimum Gasteiger partial charge on any atom is -0.356 e. The van der Waals surface area contributed by atoms with E-state index in [1.165, 1.54) is 5.56 Å². The number of aryl methyl sites for hydroxylation is 2. The lowest BCUT2D eigenvalue weighted by atomic mass is 10.1. The molecule has 22 heavy (non-hydrogen) atoms. The van der Waals surface area contributed by atoms with Crippen molar-refractivity contribution in [1.82, 2.24) is 15.0 Å². The summed E-state index contributed by atoms with van der Waals surface area (Å²) in [6, 6.07) is 6.59. The normalized spacial score (nSPS) is 12.5. The Morgan fingerprint density at radius 2 is 2.05 bits per heavy atom. The maximum Gasteiger partial charge on any atom is 0.141 e. The van der Waals surface area contributed by atoms with E-state index in [1.54, 1.807) is 11.3 Å². The average molecular weight is 312 g/mol. The van der Waals surface area contributed by atoms with E-state index < -0.39 is 0 Å². The van der Waals surface area contributed by atoms with Gasteiger partial charge in [0.05, 0.1) is 5.39 Å². The molecule has 0 aliphatic rings. The molecule has 0 aliphatic heterocycles. The van der Waals surface area contributed by atoms with Crippen LogP contribution in [0.4, 0.5) is 5.82 Å². The van der Waals surface area contributed by atoms with Crippen LogP contribution in [0, 0.1) is 13.8 Å². The fraction of sp³-hybridized carbons (Fsp3) is 0.353. The summed E-state index contributed by atoms with van der Waals surface area (Å²) in [7, 11) is 2.10. The molecular weight excluding hydrogens is 292 g/mol. The first kappa shape index (κ1) is 14.9. The fourth-order valence-corrected chi connectivity index (χ4v) is 3.38. The Balaban J connectivity index is 1.88. The van der Waals surface area contributed by atoms with Crippen molar-refractivity contribution in [2.24, 2.45) is 0 Å². The topological polar surface area (TPSA) is 41.9 Å². The van der Waals surface area contributed by atoms with Crippen LogP contribution in [0.2, 0.25) is 0 Å². The third kappa shape index (κ3) is 2.95. The first-order chi connectivity index (χ1) is 10.5. The number of fused-ring (bicyclic) bond motifs is 1. The number of pyridine rings is 1. The van der Waals surface area contributed by atoms with E-state index >= 15 is 0 Å².